The summed E-state index contributed by atoms with van der Waals surface area (Å²) in [7, 11) is 4.33. The number of likely N-dealkylation sites (N-methyl/N-ethyl adjacent to an activating group) is 2. The molecule has 0 bridgehead atoms. The zero-order valence-electron chi connectivity index (χ0n) is 12.7. The van der Waals surface area contributed by atoms with Gasteiger partial charge in [0.25, 0.3) is 0 Å². The number of hydrogen-bond acceptors (Lipinski definition) is 4. The van der Waals surface area contributed by atoms with E-state index in [0.29, 0.717) is 6.04 Å². The molecule has 5 nitrogen and oxygen atoms in total. The highest BCUT2D eigenvalue weighted by atomic mass is 16.1. The number of rotatable bonds is 8. The van der Waals surface area contributed by atoms with Crippen LogP contribution in [0.4, 0.5) is 0 Å². The summed E-state index contributed by atoms with van der Waals surface area (Å²) < 4.78 is 0. The smallest absolute Gasteiger partial charge is 0.234 e. The van der Waals surface area contributed by atoms with E-state index in [1.54, 1.807) is 0 Å². The fraction of sp³-hybridized carbons (Fsp3) is 0.929. The van der Waals surface area contributed by atoms with Crippen LogP contribution >= 0.6 is 0 Å². The van der Waals surface area contributed by atoms with Gasteiger partial charge < -0.3 is 20.9 Å². The Morgan fingerprint density at radius 3 is 2.89 bits per heavy atom. The normalized spacial score (nSPS) is 22.6. The maximum atomic E-state index is 11.4. The topological polar surface area (TPSA) is 61.6 Å². The summed E-state index contributed by atoms with van der Waals surface area (Å²) in [6, 6.07) is 0.419. The van der Waals surface area contributed by atoms with Gasteiger partial charge in [-0.2, -0.15) is 0 Å². The Morgan fingerprint density at radius 2 is 2.32 bits per heavy atom. The molecular formula is C14H30N4O. The predicted octanol–water partition coefficient (Wildman–Crippen LogP) is 0.256. The Balaban J connectivity index is 2.33. The van der Waals surface area contributed by atoms with Crippen molar-refractivity contribution in [3.05, 3.63) is 0 Å². The van der Waals surface area contributed by atoms with Gasteiger partial charge in [-0.05, 0) is 52.9 Å². The maximum absolute atomic E-state index is 11.4. The van der Waals surface area contributed by atoms with E-state index in [2.05, 4.69) is 36.1 Å². The van der Waals surface area contributed by atoms with E-state index in [1.807, 2.05) is 0 Å². The summed E-state index contributed by atoms with van der Waals surface area (Å²) in [5.41, 5.74) is 5.44. The lowest BCUT2D eigenvalue weighted by atomic mass is 10.0. The van der Waals surface area contributed by atoms with E-state index in [4.69, 9.17) is 5.73 Å². The molecule has 0 aromatic rings. The molecule has 19 heavy (non-hydrogen) atoms. The van der Waals surface area contributed by atoms with E-state index in [-0.39, 0.29) is 11.9 Å². The second-order valence-corrected chi connectivity index (χ2v) is 5.74. The Labute approximate surface area is 117 Å². The quantitative estimate of drug-likeness (QED) is 0.664. The molecule has 1 rings (SSSR count). The second-order valence-electron chi connectivity index (χ2n) is 5.74. The number of likely N-dealkylation sites (tertiary alicyclic amines) is 1. The highest BCUT2D eigenvalue weighted by molar-refractivity contribution is 5.79. The molecule has 0 aromatic heterocycles. The van der Waals surface area contributed by atoms with Gasteiger partial charge in [0.15, 0.2) is 0 Å². The Bertz CT molecular complexity index is 272. The number of primary amides is 1. The van der Waals surface area contributed by atoms with Crippen LogP contribution in [-0.2, 0) is 4.79 Å². The second kappa shape index (κ2) is 8.51. The first-order valence-electron chi connectivity index (χ1n) is 7.46. The molecule has 1 heterocycles. The van der Waals surface area contributed by atoms with Crippen LogP contribution in [0.15, 0.2) is 0 Å². The van der Waals surface area contributed by atoms with Crippen LogP contribution in [0.3, 0.4) is 0 Å². The standard InChI is InChI=1S/C14H30N4O/c1-4-8-16-13(14(15)19)7-10-18(3)12-6-5-9-17(2)11-12/h12-13,16H,4-11H2,1-3H3,(H2,15,19). The van der Waals surface area contributed by atoms with E-state index < -0.39 is 0 Å². The van der Waals surface area contributed by atoms with Gasteiger partial charge in [-0.25, -0.2) is 0 Å². The Hall–Kier alpha value is -0.650. The van der Waals surface area contributed by atoms with Gasteiger partial charge in [0.1, 0.15) is 0 Å². The number of nitrogens with two attached hydrogens (primary N) is 1. The number of nitrogens with zero attached hydrogens (tertiary/aromatic N) is 2. The Morgan fingerprint density at radius 1 is 1.58 bits per heavy atom. The number of carbonyl (C=O) groups is 1. The fourth-order valence-electron chi connectivity index (χ4n) is 2.68. The van der Waals surface area contributed by atoms with Gasteiger partial charge in [-0.15, -0.1) is 0 Å². The van der Waals surface area contributed by atoms with Crippen molar-refractivity contribution in [2.45, 2.75) is 44.7 Å². The first kappa shape index (κ1) is 16.4. The van der Waals surface area contributed by atoms with Crippen LogP contribution < -0.4 is 11.1 Å². The van der Waals surface area contributed by atoms with Crippen LogP contribution in [-0.4, -0.2) is 68.1 Å². The van der Waals surface area contributed by atoms with Crippen molar-refractivity contribution >= 4 is 5.91 Å². The first-order valence-corrected chi connectivity index (χ1v) is 7.46. The van der Waals surface area contributed by atoms with Crippen LogP contribution in [0.25, 0.3) is 0 Å². The molecule has 3 N–H and O–H groups in total. The molecule has 0 saturated carbocycles. The van der Waals surface area contributed by atoms with Crippen molar-refractivity contribution in [2.75, 3.05) is 40.3 Å². The average molecular weight is 270 g/mol. The average Bonchev–Trinajstić information content (AvgIpc) is 2.38. The third-order valence-electron chi connectivity index (χ3n) is 3.98. The van der Waals surface area contributed by atoms with Crippen LogP contribution in [0, 0.1) is 0 Å². The van der Waals surface area contributed by atoms with Crippen molar-refractivity contribution < 1.29 is 4.79 Å². The highest BCUT2D eigenvalue weighted by Gasteiger charge is 2.22. The van der Waals surface area contributed by atoms with Crippen molar-refractivity contribution in [1.82, 2.24) is 15.1 Å². The third-order valence-corrected chi connectivity index (χ3v) is 3.98. The fourth-order valence-corrected chi connectivity index (χ4v) is 2.68. The van der Waals surface area contributed by atoms with Gasteiger partial charge in [0.05, 0.1) is 6.04 Å². The highest BCUT2D eigenvalue weighted by Crippen LogP contribution is 2.13. The summed E-state index contributed by atoms with van der Waals surface area (Å²) in [4.78, 5) is 16.1. The number of amides is 1. The molecule has 0 radical (unpaired) electrons. The zero-order chi connectivity index (χ0) is 14.3. The van der Waals surface area contributed by atoms with Crippen LogP contribution in [0.1, 0.15) is 32.6 Å². The lowest BCUT2D eigenvalue weighted by Crippen LogP contribution is -2.48. The van der Waals surface area contributed by atoms with Gasteiger partial charge in [0.2, 0.25) is 5.91 Å². The predicted molar refractivity (Wildman–Crippen MR) is 79.0 cm³/mol. The molecule has 2 atom stereocenters. The van der Waals surface area contributed by atoms with Crippen molar-refractivity contribution in [3.8, 4) is 0 Å². The van der Waals surface area contributed by atoms with Gasteiger partial charge >= 0.3 is 0 Å². The molecule has 0 aromatic carbocycles. The number of piperidine rings is 1. The third kappa shape index (κ3) is 5.89. The Kier molecular flexibility index (Phi) is 7.34. The summed E-state index contributed by atoms with van der Waals surface area (Å²) in [5, 5.41) is 3.22. The SMILES string of the molecule is CCCNC(CCN(C)C1CCCN(C)C1)C(N)=O. The summed E-state index contributed by atoms with van der Waals surface area (Å²) in [6.07, 6.45) is 4.34. The summed E-state index contributed by atoms with van der Waals surface area (Å²) in [5.74, 6) is -0.234. The molecule has 1 aliphatic rings. The minimum atomic E-state index is -0.234. The molecule has 2 unspecified atom stereocenters. The molecule has 1 saturated heterocycles. The monoisotopic (exact) mass is 270 g/mol. The van der Waals surface area contributed by atoms with E-state index >= 15 is 0 Å². The van der Waals surface area contributed by atoms with E-state index in [9.17, 15) is 4.79 Å². The molecular weight excluding hydrogens is 240 g/mol. The minimum Gasteiger partial charge on any atom is -0.368 e. The van der Waals surface area contributed by atoms with Gasteiger partial charge in [-0.1, -0.05) is 6.92 Å². The lowest BCUT2D eigenvalue weighted by Gasteiger charge is -2.36. The lowest BCUT2D eigenvalue weighted by molar-refractivity contribution is -0.120. The van der Waals surface area contributed by atoms with Crippen molar-refractivity contribution in [2.24, 2.45) is 5.73 Å². The number of carbonyl (C=O) groups excluding carboxylic acids is 1. The van der Waals surface area contributed by atoms with Crippen molar-refractivity contribution in [1.29, 1.82) is 0 Å². The largest absolute Gasteiger partial charge is 0.368 e. The molecule has 1 amide bonds. The number of hydrogen-bond donors (Lipinski definition) is 2. The molecule has 1 aliphatic heterocycles. The van der Waals surface area contributed by atoms with Crippen LogP contribution in [0.2, 0.25) is 0 Å². The zero-order valence-corrected chi connectivity index (χ0v) is 12.7. The van der Waals surface area contributed by atoms with Crippen LogP contribution in [0.5, 0.6) is 0 Å². The van der Waals surface area contributed by atoms with Gasteiger partial charge in [-0.3, -0.25) is 4.79 Å². The van der Waals surface area contributed by atoms with Gasteiger partial charge in [0, 0.05) is 19.1 Å². The maximum Gasteiger partial charge on any atom is 0.234 e. The molecule has 5 heteroatoms. The molecule has 0 aliphatic carbocycles. The first-order chi connectivity index (χ1) is 9.04. The summed E-state index contributed by atoms with van der Waals surface area (Å²) >= 11 is 0. The van der Waals surface area contributed by atoms with Crippen molar-refractivity contribution in [3.63, 3.8) is 0 Å². The number of nitrogens with one attached hydrogen (secondary N) is 1. The molecule has 1 fully saturated rings. The summed E-state index contributed by atoms with van der Waals surface area (Å²) in [6.45, 7) is 6.19. The minimum absolute atomic E-state index is 0.191. The molecule has 0 spiro atoms. The van der Waals surface area contributed by atoms with E-state index in [0.717, 1.165) is 32.5 Å². The van der Waals surface area contributed by atoms with E-state index in [1.165, 1.54) is 19.4 Å². The molecule has 112 valence electrons.